The Balaban J connectivity index is 1.79. The molecular formula is C17H18ClNO. The molecule has 3 heteroatoms. The second-order valence-electron chi connectivity index (χ2n) is 5.43. The van der Waals surface area contributed by atoms with Gasteiger partial charge in [0.05, 0.1) is 6.10 Å². The van der Waals surface area contributed by atoms with Gasteiger partial charge in [-0.1, -0.05) is 48.0 Å². The lowest BCUT2D eigenvalue weighted by Crippen LogP contribution is -2.04. The van der Waals surface area contributed by atoms with E-state index in [1.54, 1.807) is 0 Å². The third kappa shape index (κ3) is 2.88. The van der Waals surface area contributed by atoms with E-state index in [2.05, 4.69) is 30.1 Å². The van der Waals surface area contributed by atoms with Crippen LogP contribution in [0.25, 0.3) is 0 Å². The van der Waals surface area contributed by atoms with Crippen LogP contribution in [0.15, 0.2) is 48.5 Å². The highest BCUT2D eigenvalue weighted by atomic mass is 35.5. The third-order valence-corrected chi connectivity index (χ3v) is 4.19. The fourth-order valence-corrected chi connectivity index (χ4v) is 2.74. The molecule has 1 unspecified atom stereocenters. The highest BCUT2D eigenvalue weighted by molar-refractivity contribution is 6.30. The Bertz CT molecular complexity index is 596. The molecule has 0 bridgehead atoms. The first-order chi connectivity index (χ1) is 9.65. The predicted octanol–water partition coefficient (Wildman–Crippen LogP) is 3.60. The van der Waals surface area contributed by atoms with Crippen molar-refractivity contribution < 1.29 is 5.11 Å². The van der Waals surface area contributed by atoms with E-state index in [4.69, 9.17) is 11.6 Å². The number of likely N-dealkylation sites (N-methyl/N-ethyl adjacent to an activating group) is 1. The van der Waals surface area contributed by atoms with E-state index >= 15 is 0 Å². The summed E-state index contributed by atoms with van der Waals surface area (Å²) < 4.78 is 0. The van der Waals surface area contributed by atoms with Gasteiger partial charge in [0, 0.05) is 24.0 Å². The number of hydrogen-bond acceptors (Lipinski definition) is 2. The summed E-state index contributed by atoms with van der Waals surface area (Å²) in [5.74, 6) is 0. The third-order valence-electron chi connectivity index (χ3n) is 3.94. The van der Waals surface area contributed by atoms with E-state index in [0.29, 0.717) is 17.5 Å². The number of rotatable bonds is 4. The van der Waals surface area contributed by atoms with Gasteiger partial charge >= 0.3 is 0 Å². The molecule has 1 saturated heterocycles. The number of hydrogen-bond donors (Lipinski definition) is 1. The number of benzene rings is 2. The molecule has 1 heterocycles. The van der Waals surface area contributed by atoms with Crippen LogP contribution in [0.2, 0.25) is 5.02 Å². The maximum absolute atomic E-state index is 10.4. The summed E-state index contributed by atoms with van der Waals surface area (Å²) in [5, 5.41) is 11.1. The smallest absolute Gasteiger partial charge is 0.0830 e. The first-order valence-corrected chi connectivity index (χ1v) is 7.24. The minimum Gasteiger partial charge on any atom is -0.388 e. The van der Waals surface area contributed by atoms with Crippen molar-refractivity contribution in [3.05, 3.63) is 70.2 Å². The molecule has 1 aliphatic rings. The lowest BCUT2D eigenvalue weighted by Gasteiger charge is -2.14. The molecule has 0 aromatic heterocycles. The van der Waals surface area contributed by atoms with E-state index in [1.165, 1.54) is 11.1 Å². The van der Waals surface area contributed by atoms with Crippen molar-refractivity contribution in [1.29, 1.82) is 0 Å². The Hall–Kier alpha value is -1.35. The Morgan fingerprint density at radius 3 is 2.50 bits per heavy atom. The molecule has 3 atom stereocenters. The minimum absolute atomic E-state index is 0.488. The molecular weight excluding hydrogens is 270 g/mol. The van der Waals surface area contributed by atoms with Gasteiger partial charge in [0.15, 0.2) is 0 Å². The molecule has 104 valence electrons. The number of halogens is 1. The molecule has 0 amide bonds. The molecule has 0 radical (unpaired) electrons. The zero-order valence-electron chi connectivity index (χ0n) is 11.5. The van der Waals surface area contributed by atoms with E-state index in [9.17, 15) is 5.11 Å². The highest BCUT2D eigenvalue weighted by Gasteiger charge is 2.32. The largest absolute Gasteiger partial charge is 0.388 e. The second-order valence-corrected chi connectivity index (χ2v) is 5.86. The van der Waals surface area contributed by atoms with Crippen LogP contribution in [0.3, 0.4) is 0 Å². The fourth-order valence-electron chi connectivity index (χ4n) is 2.62. The summed E-state index contributed by atoms with van der Waals surface area (Å²) >= 11 is 5.88. The summed E-state index contributed by atoms with van der Waals surface area (Å²) in [7, 11) is 2.12. The maximum Gasteiger partial charge on any atom is 0.0830 e. The van der Waals surface area contributed by atoms with Crippen molar-refractivity contribution in [1.82, 2.24) is 4.90 Å². The zero-order valence-corrected chi connectivity index (χ0v) is 12.2. The summed E-state index contributed by atoms with van der Waals surface area (Å²) in [6.07, 6.45) is 0.153. The van der Waals surface area contributed by atoms with Gasteiger partial charge in [-0.05, 0) is 35.9 Å². The molecule has 20 heavy (non-hydrogen) atoms. The van der Waals surface area contributed by atoms with Crippen molar-refractivity contribution in [3.8, 4) is 0 Å². The van der Waals surface area contributed by atoms with Gasteiger partial charge in [-0.2, -0.15) is 0 Å². The summed E-state index contributed by atoms with van der Waals surface area (Å²) in [6, 6.07) is 16.3. The average Bonchev–Trinajstić information content (AvgIpc) is 3.17. The standard InChI is InChI=1S/C17H18ClNO/c1-19-11-16(19)15-5-3-2-4-13(15)10-17(20)12-6-8-14(18)9-7-12/h2-9,16-17,20H,10-11H2,1H3/t16-,17+,19?/m0/s1. The molecule has 0 aliphatic carbocycles. The van der Waals surface area contributed by atoms with Crippen molar-refractivity contribution in [2.75, 3.05) is 13.6 Å². The number of aliphatic hydroxyl groups excluding tert-OH is 1. The van der Waals surface area contributed by atoms with E-state index in [0.717, 1.165) is 12.1 Å². The monoisotopic (exact) mass is 287 g/mol. The van der Waals surface area contributed by atoms with Crippen LogP contribution >= 0.6 is 11.6 Å². The van der Waals surface area contributed by atoms with E-state index in [-0.39, 0.29) is 0 Å². The minimum atomic E-state index is -0.488. The molecule has 3 rings (SSSR count). The van der Waals surface area contributed by atoms with Crippen molar-refractivity contribution in [3.63, 3.8) is 0 Å². The first-order valence-electron chi connectivity index (χ1n) is 6.86. The normalized spacial score (nSPS) is 22.6. The van der Waals surface area contributed by atoms with Gasteiger partial charge in [0.1, 0.15) is 0 Å². The lowest BCUT2D eigenvalue weighted by atomic mass is 9.96. The topological polar surface area (TPSA) is 23.2 Å². The predicted molar refractivity (Wildman–Crippen MR) is 81.9 cm³/mol. The summed E-state index contributed by atoms with van der Waals surface area (Å²) in [6.45, 7) is 1.11. The SMILES string of the molecule is CN1C[C@H]1c1ccccc1C[C@@H](O)c1ccc(Cl)cc1. The van der Waals surface area contributed by atoms with Crippen LogP contribution in [0.1, 0.15) is 28.8 Å². The molecule has 1 aliphatic heterocycles. The Morgan fingerprint density at radius 1 is 1.20 bits per heavy atom. The number of nitrogens with zero attached hydrogens (tertiary/aromatic N) is 1. The summed E-state index contributed by atoms with van der Waals surface area (Å²) in [5.41, 5.74) is 3.47. The van der Waals surface area contributed by atoms with Crippen LogP contribution in [-0.4, -0.2) is 23.6 Å². The zero-order chi connectivity index (χ0) is 14.1. The Morgan fingerprint density at radius 2 is 1.85 bits per heavy atom. The molecule has 1 fully saturated rings. The molecule has 2 nitrogen and oxygen atoms in total. The quantitative estimate of drug-likeness (QED) is 0.869. The van der Waals surface area contributed by atoms with Crippen LogP contribution in [0, 0.1) is 0 Å². The number of aliphatic hydroxyl groups is 1. The molecule has 0 spiro atoms. The lowest BCUT2D eigenvalue weighted by molar-refractivity contribution is 0.178. The average molecular weight is 288 g/mol. The second kappa shape index (κ2) is 5.57. The van der Waals surface area contributed by atoms with Crippen LogP contribution in [0.4, 0.5) is 0 Å². The molecule has 1 N–H and O–H groups in total. The fraction of sp³-hybridized carbons (Fsp3) is 0.294. The molecule has 2 aromatic rings. The van der Waals surface area contributed by atoms with Gasteiger partial charge in [0.2, 0.25) is 0 Å². The molecule has 2 aromatic carbocycles. The Kier molecular flexibility index (Phi) is 3.79. The molecule has 0 saturated carbocycles. The van der Waals surface area contributed by atoms with Crippen LogP contribution < -0.4 is 0 Å². The van der Waals surface area contributed by atoms with Crippen LogP contribution in [0.5, 0.6) is 0 Å². The van der Waals surface area contributed by atoms with Gasteiger partial charge in [-0.3, -0.25) is 4.90 Å². The van der Waals surface area contributed by atoms with E-state index < -0.39 is 6.10 Å². The van der Waals surface area contributed by atoms with Crippen molar-refractivity contribution >= 4 is 11.6 Å². The van der Waals surface area contributed by atoms with Gasteiger partial charge in [0.25, 0.3) is 0 Å². The Labute approximate surface area is 124 Å². The first kappa shape index (κ1) is 13.6. The van der Waals surface area contributed by atoms with Crippen LogP contribution in [-0.2, 0) is 6.42 Å². The van der Waals surface area contributed by atoms with Gasteiger partial charge in [-0.15, -0.1) is 0 Å². The van der Waals surface area contributed by atoms with E-state index in [1.807, 2.05) is 30.3 Å². The van der Waals surface area contributed by atoms with Gasteiger partial charge in [-0.25, -0.2) is 0 Å². The van der Waals surface area contributed by atoms with Crippen molar-refractivity contribution in [2.45, 2.75) is 18.6 Å². The summed E-state index contributed by atoms with van der Waals surface area (Å²) in [4.78, 5) is 2.30. The maximum atomic E-state index is 10.4. The van der Waals surface area contributed by atoms with Crippen molar-refractivity contribution in [2.24, 2.45) is 0 Å². The van der Waals surface area contributed by atoms with Gasteiger partial charge < -0.3 is 5.11 Å². The highest BCUT2D eigenvalue weighted by Crippen LogP contribution is 2.35.